The van der Waals surface area contributed by atoms with Crippen molar-refractivity contribution >= 4 is 17.8 Å². The van der Waals surface area contributed by atoms with Gasteiger partial charge in [0.15, 0.2) is 0 Å². The molecule has 0 unspecified atom stereocenters. The Hall–Kier alpha value is -2.71. The molecule has 132 valence electrons. The summed E-state index contributed by atoms with van der Waals surface area (Å²) < 4.78 is 28.9. The zero-order valence-corrected chi connectivity index (χ0v) is 13.0. The van der Waals surface area contributed by atoms with Gasteiger partial charge in [-0.25, -0.2) is 0 Å². The van der Waals surface area contributed by atoms with Crippen molar-refractivity contribution in [1.82, 2.24) is 10.2 Å². The molecule has 7 nitrogen and oxygen atoms in total. The van der Waals surface area contributed by atoms with Gasteiger partial charge in [-0.3, -0.25) is 14.4 Å². The summed E-state index contributed by atoms with van der Waals surface area (Å²) in [5, 5.41) is 11.0. The summed E-state index contributed by atoms with van der Waals surface area (Å²) in [6.07, 6.45) is 0.554. The molecule has 0 aromatic heterocycles. The summed E-state index contributed by atoms with van der Waals surface area (Å²) in [6.45, 7) is -2.01. The van der Waals surface area contributed by atoms with Crippen LogP contribution in [0.1, 0.15) is 23.7 Å². The number of ether oxygens (including phenoxy) is 1. The quantitative estimate of drug-likeness (QED) is 0.705. The maximum absolute atomic E-state index is 12.3. The number of para-hydroxylation sites is 1. The Bertz CT molecular complexity index is 595. The highest BCUT2D eigenvalue weighted by atomic mass is 19.3. The van der Waals surface area contributed by atoms with E-state index >= 15 is 0 Å². The lowest BCUT2D eigenvalue weighted by molar-refractivity contribution is -0.144. The van der Waals surface area contributed by atoms with Crippen LogP contribution in [-0.2, 0) is 9.59 Å². The van der Waals surface area contributed by atoms with E-state index in [4.69, 9.17) is 5.11 Å². The predicted molar refractivity (Wildman–Crippen MR) is 79.9 cm³/mol. The normalized spacial score (nSPS) is 10.3. The number of nitrogens with one attached hydrogen (secondary N) is 1. The summed E-state index contributed by atoms with van der Waals surface area (Å²) >= 11 is 0. The predicted octanol–water partition coefficient (Wildman–Crippen LogP) is 1.34. The fraction of sp³-hybridized carbons (Fsp3) is 0.400. The van der Waals surface area contributed by atoms with E-state index in [1.54, 1.807) is 6.92 Å². The Labute approximate surface area is 137 Å². The zero-order chi connectivity index (χ0) is 18.1. The third-order valence-electron chi connectivity index (χ3n) is 2.92. The minimum atomic E-state index is -3.09. The van der Waals surface area contributed by atoms with Crippen LogP contribution in [0.5, 0.6) is 5.75 Å². The molecule has 2 N–H and O–H groups in total. The lowest BCUT2D eigenvalue weighted by Crippen LogP contribution is -2.43. The number of aliphatic carboxylic acids is 1. The zero-order valence-electron chi connectivity index (χ0n) is 13.0. The molecule has 24 heavy (non-hydrogen) atoms. The molecule has 1 aromatic carbocycles. The van der Waals surface area contributed by atoms with E-state index < -0.39 is 37.5 Å². The van der Waals surface area contributed by atoms with Crippen molar-refractivity contribution in [3.05, 3.63) is 29.8 Å². The molecule has 0 atom stereocenters. The van der Waals surface area contributed by atoms with Crippen molar-refractivity contribution in [1.29, 1.82) is 0 Å². The molecular weight excluding hydrogens is 326 g/mol. The number of amides is 2. The summed E-state index contributed by atoms with van der Waals surface area (Å²) in [5.41, 5.74) is -0.147. The average Bonchev–Trinajstić information content (AvgIpc) is 2.51. The number of nitrogens with zero attached hydrogens (tertiary/aromatic N) is 1. The van der Waals surface area contributed by atoms with E-state index in [-0.39, 0.29) is 17.9 Å². The van der Waals surface area contributed by atoms with Crippen LogP contribution in [-0.4, -0.2) is 54.0 Å². The van der Waals surface area contributed by atoms with Crippen LogP contribution in [0.4, 0.5) is 8.78 Å². The first kappa shape index (κ1) is 19.3. The minimum absolute atomic E-state index is 0.147. The van der Waals surface area contributed by atoms with Crippen molar-refractivity contribution < 1.29 is 33.0 Å². The van der Waals surface area contributed by atoms with Crippen molar-refractivity contribution in [3.63, 3.8) is 0 Å². The van der Waals surface area contributed by atoms with Crippen molar-refractivity contribution in [3.8, 4) is 5.75 Å². The van der Waals surface area contributed by atoms with Crippen LogP contribution in [0.2, 0.25) is 0 Å². The third-order valence-corrected chi connectivity index (χ3v) is 2.92. The monoisotopic (exact) mass is 344 g/mol. The summed E-state index contributed by atoms with van der Waals surface area (Å²) in [4.78, 5) is 35.8. The number of carbonyl (C=O) groups excluding carboxylic acids is 2. The molecule has 0 radical (unpaired) electrons. The van der Waals surface area contributed by atoms with Crippen molar-refractivity contribution in [2.24, 2.45) is 0 Å². The van der Waals surface area contributed by atoms with Gasteiger partial charge in [0.05, 0.1) is 12.1 Å². The van der Waals surface area contributed by atoms with Crippen LogP contribution in [0.15, 0.2) is 24.3 Å². The molecule has 0 spiro atoms. The van der Waals surface area contributed by atoms with Gasteiger partial charge < -0.3 is 20.1 Å². The maximum atomic E-state index is 12.3. The van der Waals surface area contributed by atoms with Crippen LogP contribution in [0.25, 0.3) is 0 Å². The van der Waals surface area contributed by atoms with Crippen LogP contribution in [0, 0.1) is 0 Å². The summed E-state index contributed by atoms with van der Waals surface area (Å²) in [5.74, 6) is -2.83. The second kappa shape index (κ2) is 9.43. The van der Waals surface area contributed by atoms with Gasteiger partial charge in [-0.1, -0.05) is 19.1 Å². The highest BCUT2D eigenvalue weighted by molar-refractivity contribution is 5.98. The molecule has 0 aliphatic heterocycles. The Kier molecular flexibility index (Phi) is 7.60. The van der Waals surface area contributed by atoms with Crippen LogP contribution < -0.4 is 10.1 Å². The number of carbonyl (C=O) groups is 3. The van der Waals surface area contributed by atoms with Crippen LogP contribution >= 0.6 is 0 Å². The van der Waals surface area contributed by atoms with Crippen LogP contribution in [0.3, 0.4) is 0 Å². The Morgan fingerprint density at radius 2 is 1.96 bits per heavy atom. The molecule has 0 aliphatic carbocycles. The lowest BCUT2D eigenvalue weighted by Gasteiger charge is -2.20. The number of alkyl halides is 2. The Balaban J connectivity index is 2.71. The van der Waals surface area contributed by atoms with Crippen molar-refractivity contribution in [2.45, 2.75) is 20.0 Å². The van der Waals surface area contributed by atoms with E-state index in [1.165, 1.54) is 24.3 Å². The maximum Gasteiger partial charge on any atom is 0.387 e. The first-order chi connectivity index (χ1) is 11.3. The molecule has 0 heterocycles. The SMILES string of the molecule is CCCN(CC(=O)O)C(=O)CNC(=O)c1ccccc1OC(F)F. The van der Waals surface area contributed by atoms with E-state index in [0.717, 1.165) is 4.90 Å². The molecular formula is C15H18F2N2O5. The fourth-order valence-electron chi connectivity index (χ4n) is 1.94. The lowest BCUT2D eigenvalue weighted by atomic mass is 10.2. The minimum Gasteiger partial charge on any atom is -0.480 e. The van der Waals surface area contributed by atoms with Gasteiger partial charge in [-0.2, -0.15) is 8.78 Å². The number of rotatable bonds is 9. The van der Waals surface area contributed by atoms with E-state index in [1.807, 2.05) is 0 Å². The molecule has 0 bridgehead atoms. The third kappa shape index (κ3) is 6.19. The van der Waals surface area contributed by atoms with Gasteiger partial charge in [-0.05, 0) is 18.6 Å². The number of hydrogen-bond acceptors (Lipinski definition) is 4. The second-order valence-electron chi connectivity index (χ2n) is 4.77. The Morgan fingerprint density at radius 3 is 2.54 bits per heavy atom. The van der Waals surface area contributed by atoms with Crippen molar-refractivity contribution in [2.75, 3.05) is 19.6 Å². The number of carboxylic acids is 1. The molecule has 0 aliphatic rings. The van der Waals surface area contributed by atoms with Gasteiger partial charge in [0.25, 0.3) is 5.91 Å². The van der Waals surface area contributed by atoms with E-state index in [2.05, 4.69) is 10.1 Å². The van der Waals surface area contributed by atoms with Gasteiger partial charge >= 0.3 is 12.6 Å². The molecule has 0 fully saturated rings. The van der Waals surface area contributed by atoms with Gasteiger partial charge in [0, 0.05) is 6.54 Å². The topological polar surface area (TPSA) is 95.9 Å². The second-order valence-corrected chi connectivity index (χ2v) is 4.77. The number of halogens is 2. The summed E-state index contributed by atoms with van der Waals surface area (Å²) in [6, 6.07) is 5.37. The van der Waals surface area contributed by atoms with E-state index in [0.29, 0.717) is 6.42 Å². The van der Waals surface area contributed by atoms with E-state index in [9.17, 15) is 23.2 Å². The van der Waals surface area contributed by atoms with Gasteiger partial charge in [0.1, 0.15) is 12.3 Å². The first-order valence-electron chi connectivity index (χ1n) is 7.16. The smallest absolute Gasteiger partial charge is 0.387 e. The molecule has 9 heteroatoms. The first-order valence-corrected chi connectivity index (χ1v) is 7.16. The highest BCUT2D eigenvalue weighted by Crippen LogP contribution is 2.19. The largest absolute Gasteiger partial charge is 0.480 e. The van der Waals surface area contributed by atoms with Gasteiger partial charge in [0.2, 0.25) is 5.91 Å². The fourth-order valence-corrected chi connectivity index (χ4v) is 1.94. The molecule has 1 rings (SSSR count). The molecule has 0 saturated carbocycles. The van der Waals surface area contributed by atoms with Gasteiger partial charge in [-0.15, -0.1) is 0 Å². The molecule has 1 aromatic rings. The molecule has 0 saturated heterocycles. The number of carboxylic acid groups (broad SMARTS) is 1. The summed E-state index contributed by atoms with van der Waals surface area (Å²) in [7, 11) is 0. The number of benzene rings is 1. The number of hydrogen-bond donors (Lipinski definition) is 2. The molecule has 2 amide bonds. The Morgan fingerprint density at radius 1 is 1.29 bits per heavy atom. The average molecular weight is 344 g/mol. The standard InChI is InChI=1S/C15H18F2N2O5/c1-2-7-19(9-13(21)22)12(20)8-18-14(23)10-5-3-4-6-11(10)24-15(16)17/h3-6,15H,2,7-9H2,1H3,(H,18,23)(H,21,22). The highest BCUT2D eigenvalue weighted by Gasteiger charge is 2.19.